The first-order valence-corrected chi connectivity index (χ1v) is 6.11. The second-order valence-electron chi connectivity index (χ2n) is 3.61. The molecule has 3 nitrogen and oxygen atoms in total. The fraction of sp³-hybridized carbons (Fsp3) is 0.889. The third-order valence-corrected chi connectivity index (χ3v) is 3.81. The van der Waals surface area contributed by atoms with E-state index in [1.807, 2.05) is 11.8 Å². The Kier molecular flexibility index (Phi) is 3.11. The van der Waals surface area contributed by atoms with Gasteiger partial charge in [0, 0.05) is 19.1 Å². The summed E-state index contributed by atoms with van der Waals surface area (Å²) in [4.78, 5) is 13.6. The maximum absolute atomic E-state index is 11.6. The van der Waals surface area contributed by atoms with Crippen LogP contribution in [0.1, 0.15) is 12.8 Å². The van der Waals surface area contributed by atoms with E-state index in [9.17, 15) is 4.79 Å². The Morgan fingerprint density at radius 1 is 1.38 bits per heavy atom. The van der Waals surface area contributed by atoms with Gasteiger partial charge in [-0.25, -0.2) is 0 Å². The minimum atomic E-state index is 0.295. The molecule has 2 fully saturated rings. The van der Waals surface area contributed by atoms with Crippen LogP contribution in [0.2, 0.25) is 0 Å². The first kappa shape index (κ1) is 9.34. The van der Waals surface area contributed by atoms with Gasteiger partial charge in [0.15, 0.2) is 0 Å². The summed E-state index contributed by atoms with van der Waals surface area (Å²) >= 11 is 2.01. The summed E-state index contributed by atoms with van der Waals surface area (Å²) in [5.41, 5.74) is 0. The van der Waals surface area contributed by atoms with Crippen molar-refractivity contribution in [1.82, 2.24) is 10.2 Å². The molecular formula is C9H16N2OS. The highest BCUT2D eigenvalue weighted by Gasteiger charge is 2.26. The number of piperazine rings is 1. The van der Waals surface area contributed by atoms with Crippen molar-refractivity contribution < 1.29 is 4.79 Å². The van der Waals surface area contributed by atoms with Gasteiger partial charge in [-0.1, -0.05) is 0 Å². The van der Waals surface area contributed by atoms with Gasteiger partial charge in [-0.2, -0.15) is 11.8 Å². The van der Waals surface area contributed by atoms with Crippen LogP contribution in [0.3, 0.4) is 0 Å². The van der Waals surface area contributed by atoms with E-state index in [-0.39, 0.29) is 0 Å². The van der Waals surface area contributed by atoms with Gasteiger partial charge in [-0.3, -0.25) is 4.79 Å². The zero-order valence-corrected chi connectivity index (χ0v) is 8.61. The number of amides is 1. The van der Waals surface area contributed by atoms with Crippen molar-refractivity contribution >= 4 is 17.7 Å². The van der Waals surface area contributed by atoms with E-state index < -0.39 is 0 Å². The summed E-state index contributed by atoms with van der Waals surface area (Å²) in [6.07, 6.45) is 2.38. The number of carbonyl (C=O) groups is 1. The summed E-state index contributed by atoms with van der Waals surface area (Å²) in [5.74, 6) is 2.74. The van der Waals surface area contributed by atoms with Gasteiger partial charge in [0.05, 0.1) is 6.54 Å². The molecule has 13 heavy (non-hydrogen) atoms. The molecule has 2 aliphatic rings. The second kappa shape index (κ2) is 4.33. The van der Waals surface area contributed by atoms with E-state index >= 15 is 0 Å². The van der Waals surface area contributed by atoms with E-state index in [0.717, 1.165) is 13.1 Å². The number of nitrogens with one attached hydrogen (secondary N) is 1. The highest BCUT2D eigenvalue weighted by atomic mass is 32.2. The number of hydrogen-bond acceptors (Lipinski definition) is 3. The Hall–Kier alpha value is -0.220. The molecule has 0 aliphatic carbocycles. The highest BCUT2D eigenvalue weighted by molar-refractivity contribution is 7.99. The molecule has 2 rings (SSSR count). The zero-order chi connectivity index (χ0) is 9.10. The van der Waals surface area contributed by atoms with Crippen molar-refractivity contribution in [3.63, 3.8) is 0 Å². The Morgan fingerprint density at radius 2 is 2.15 bits per heavy atom. The van der Waals surface area contributed by atoms with Gasteiger partial charge in [0.2, 0.25) is 5.91 Å². The molecule has 2 aliphatic heterocycles. The molecule has 0 radical (unpaired) electrons. The van der Waals surface area contributed by atoms with E-state index in [0.29, 0.717) is 18.5 Å². The Labute approximate surface area is 83.2 Å². The van der Waals surface area contributed by atoms with Gasteiger partial charge in [0.25, 0.3) is 0 Å². The average molecular weight is 200 g/mol. The molecule has 1 N–H and O–H groups in total. The van der Waals surface area contributed by atoms with E-state index in [1.54, 1.807) is 0 Å². The summed E-state index contributed by atoms with van der Waals surface area (Å²) in [5, 5.41) is 3.11. The monoisotopic (exact) mass is 200 g/mol. The largest absolute Gasteiger partial charge is 0.337 e. The lowest BCUT2D eigenvalue weighted by Gasteiger charge is -2.36. The average Bonchev–Trinajstić information content (AvgIpc) is 2.20. The van der Waals surface area contributed by atoms with Crippen LogP contribution in [-0.2, 0) is 4.79 Å². The topological polar surface area (TPSA) is 32.3 Å². The SMILES string of the molecule is O=C1CNCCN1C1CCSCC1. The number of hydrogen-bond donors (Lipinski definition) is 1. The number of carbonyl (C=O) groups excluding carboxylic acids is 1. The van der Waals surface area contributed by atoms with Gasteiger partial charge < -0.3 is 10.2 Å². The maximum Gasteiger partial charge on any atom is 0.236 e. The molecule has 0 aromatic carbocycles. The van der Waals surface area contributed by atoms with Crippen molar-refractivity contribution in [3.05, 3.63) is 0 Å². The van der Waals surface area contributed by atoms with Gasteiger partial charge in [-0.15, -0.1) is 0 Å². The maximum atomic E-state index is 11.6. The van der Waals surface area contributed by atoms with Crippen LogP contribution < -0.4 is 5.32 Å². The fourth-order valence-electron chi connectivity index (χ4n) is 2.00. The molecule has 0 atom stereocenters. The van der Waals surface area contributed by atoms with Crippen molar-refractivity contribution in [1.29, 1.82) is 0 Å². The molecule has 1 amide bonds. The Morgan fingerprint density at radius 3 is 2.85 bits per heavy atom. The van der Waals surface area contributed by atoms with Crippen LogP contribution >= 0.6 is 11.8 Å². The first-order chi connectivity index (χ1) is 6.38. The van der Waals surface area contributed by atoms with Crippen LogP contribution in [0.4, 0.5) is 0 Å². The third-order valence-electron chi connectivity index (χ3n) is 2.76. The van der Waals surface area contributed by atoms with E-state index in [2.05, 4.69) is 10.2 Å². The summed E-state index contributed by atoms with van der Waals surface area (Å²) in [6, 6.07) is 0.538. The quantitative estimate of drug-likeness (QED) is 0.661. The molecule has 0 bridgehead atoms. The van der Waals surface area contributed by atoms with Crippen LogP contribution in [0, 0.1) is 0 Å². The van der Waals surface area contributed by atoms with Crippen molar-refractivity contribution in [3.8, 4) is 0 Å². The lowest BCUT2D eigenvalue weighted by Crippen LogP contribution is -2.53. The molecule has 2 heterocycles. The van der Waals surface area contributed by atoms with Crippen LogP contribution in [-0.4, -0.2) is 48.0 Å². The van der Waals surface area contributed by atoms with Gasteiger partial charge in [-0.05, 0) is 24.3 Å². The molecule has 0 saturated carbocycles. The summed E-state index contributed by atoms with van der Waals surface area (Å²) < 4.78 is 0. The van der Waals surface area contributed by atoms with Gasteiger partial charge >= 0.3 is 0 Å². The van der Waals surface area contributed by atoms with Crippen LogP contribution in [0.5, 0.6) is 0 Å². The van der Waals surface area contributed by atoms with Crippen molar-refractivity contribution in [2.75, 3.05) is 31.1 Å². The van der Waals surface area contributed by atoms with Crippen LogP contribution in [0.15, 0.2) is 0 Å². The predicted octanol–water partition coefficient (Wildman–Crippen LogP) is 0.314. The van der Waals surface area contributed by atoms with Crippen LogP contribution in [0.25, 0.3) is 0 Å². The molecule has 0 aromatic heterocycles. The minimum absolute atomic E-state index is 0.295. The first-order valence-electron chi connectivity index (χ1n) is 4.96. The van der Waals surface area contributed by atoms with E-state index in [4.69, 9.17) is 0 Å². The molecule has 0 spiro atoms. The molecule has 0 aromatic rings. The van der Waals surface area contributed by atoms with Crippen molar-refractivity contribution in [2.45, 2.75) is 18.9 Å². The fourth-order valence-corrected chi connectivity index (χ4v) is 3.09. The lowest BCUT2D eigenvalue weighted by molar-refractivity contribution is -0.134. The summed E-state index contributed by atoms with van der Waals surface area (Å²) in [7, 11) is 0. The highest BCUT2D eigenvalue weighted by Crippen LogP contribution is 2.22. The molecule has 0 unspecified atom stereocenters. The lowest BCUT2D eigenvalue weighted by atomic mass is 10.1. The zero-order valence-electron chi connectivity index (χ0n) is 7.79. The van der Waals surface area contributed by atoms with Crippen molar-refractivity contribution in [2.24, 2.45) is 0 Å². The molecule has 4 heteroatoms. The predicted molar refractivity (Wildman–Crippen MR) is 54.9 cm³/mol. The number of rotatable bonds is 1. The Bertz CT molecular complexity index is 192. The standard InChI is InChI=1S/C9H16N2OS/c12-9-7-10-3-4-11(9)8-1-5-13-6-2-8/h8,10H,1-7H2. The minimum Gasteiger partial charge on any atom is -0.337 e. The third kappa shape index (κ3) is 2.17. The molecular weight excluding hydrogens is 184 g/mol. The normalized spacial score (nSPS) is 26.5. The van der Waals surface area contributed by atoms with E-state index in [1.165, 1.54) is 24.3 Å². The second-order valence-corrected chi connectivity index (χ2v) is 4.83. The summed E-state index contributed by atoms with van der Waals surface area (Å²) in [6.45, 7) is 2.42. The number of thioether (sulfide) groups is 1. The number of nitrogens with zero attached hydrogens (tertiary/aromatic N) is 1. The van der Waals surface area contributed by atoms with Gasteiger partial charge in [0.1, 0.15) is 0 Å². The Balaban J connectivity index is 1.92. The smallest absolute Gasteiger partial charge is 0.236 e. The molecule has 74 valence electrons. The molecule has 2 saturated heterocycles.